The van der Waals surface area contributed by atoms with Crippen LogP contribution < -0.4 is 11.2 Å². The van der Waals surface area contributed by atoms with Crippen LogP contribution >= 0.6 is 15.2 Å². The Kier molecular flexibility index (Phi) is 4.90. The van der Waals surface area contributed by atoms with Crippen molar-refractivity contribution in [3.63, 3.8) is 0 Å². The predicted molar refractivity (Wildman–Crippen MR) is 83.5 cm³/mol. The van der Waals surface area contributed by atoms with Gasteiger partial charge in [-0.25, -0.2) is 9.66 Å². The number of aliphatic imine (C=N–C) groups is 1. The van der Waals surface area contributed by atoms with Gasteiger partial charge in [0.05, 0.1) is 17.6 Å². The number of guanidine groups is 1. The number of para-hydroxylation sites is 2. The van der Waals surface area contributed by atoms with E-state index in [4.69, 9.17) is 25.3 Å². The first-order valence-electron chi connectivity index (χ1n) is 6.18. The van der Waals surface area contributed by atoms with Gasteiger partial charge in [0.25, 0.3) is 0 Å². The number of nitrogens with one attached hydrogen (secondary N) is 1. The van der Waals surface area contributed by atoms with E-state index in [2.05, 4.69) is 15.4 Å². The van der Waals surface area contributed by atoms with Crippen molar-refractivity contribution >= 4 is 32.2 Å². The number of imidazole rings is 1. The zero-order valence-electron chi connectivity index (χ0n) is 11.6. The summed E-state index contributed by atoms with van der Waals surface area (Å²) in [6.07, 6.45) is 1.41. The fourth-order valence-electron chi connectivity index (χ4n) is 1.80. The topological polar surface area (TPSA) is 183 Å². The van der Waals surface area contributed by atoms with E-state index in [-0.39, 0.29) is 5.96 Å². The molecule has 0 saturated carbocycles. The van der Waals surface area contributed by atoms with Crippen LogP contribution in [0.25, 0.3) is 11.0 Å². The average Bonchev–Trinajstić information content (AvgIpc) is 2.79. The van der Waals surface area contributed by atoms with Crippen LogP contribution in [0.5, 0.6) is 0 Å². The molecule has 126 valence electrons. The standard InChI is InChI=1S/C10H15N5O6P2/c11-10(12-5-9(22(16,17)18)23(19,20)21)14-15-6-13-7-3-1-2-4-8(7)15/h1-4,6,9H,5H2,(H3,11,12,14)(H2,16,17,18)(H2,19,20,21). The lowest BCUT2D eigenvalue weighted by atomic mass is 10.3. The van der Waals surface area contributed by atoms with Crippen molar-refractivity contribution in [2.75, 3.05) is 12.0 Å². The molecule has 0 aliphatic rings. The summed E-state index contributed by atoms with van der Waals surface area (Å²) in [6, 6.07) is 7.07. The average molecular weight is 363 g/mol. The van der Waals surface area contributed by atoms with Crippen molar-refractivity contribution < 1.29 is 28.7 Å². The number of nitrogens with two attached hydrogens (primary N) is 1. The lowest BCUT2D eigenvalue weighted by molar-refractivity contribution is 0.339. The van der Waals surface area contributed by atoms with Crippen LogP contribution in [0.4, 0.5) is 0 Å². The Morgan fingerprint density at radius 2 is 1.87 bits per heavy atom. The fourth-order valence-corrected chi connectivity index (χ4v) is 3.95. The molecule has 0 aliphatic carbocycles. The van der Waals surface area contributed by atoms with E-state index in [0.717, 1.165) is 0 Å². The molecule has 1 aromatic carbocycles. The van der Waals surface area contributed by atoms with E-state index < -0.39 is 27.1 Å². The van der Waals surface area contributed by atoms with Gasteiger partial charge in [0.15, 0.2) is 5.40 Å². The molecular formula is C10H15N5O6P2. The van der Waals surface area contributed by atoms with Crippen molar-refractivity contribution in [1.82, 2.24) is 9.66 Å². The fraction of sp³-hybridized carbons (Fsp3) is 0.200. The molecule has 11 nitrogen and oxygen atoms in total. The predicted octanol–water partition coefficient (Wildman–Crippen LogP) is -0.424. The molecule has 0 fully saturated rings. The second kappa shape index (κ2) is 6.40. The minimum atomic E-state index is -5.04. The summed E-state index contributed by atoms with van der Waals surface area (Å²) >= 11 is 0. The van der Waals surface area contributed by atoms with Crippen molar-refractivity contribution in [1.29, 1.82) is 0 Å². The van der Waals surface area contributed by atoms with Crippen molar-refractivity contribution in [2.24, 2.45) is 10.7 Å². The number of benzene rings is 1. The Balaban J connectivity index is 2.17. The van der Waals surface area contributed by atoms with Gasteiger partial charge in [0.1, 0.15) is 6.33 Å². The Bertz CT molecular complexity index is 802. The van der Waals surface area contributed by atoms with Gasteiger partial charge in [-0.1, -0.05) is 12.1 Å². The minimum Gasteiger partial charge on any atom is -0.369 e. The minimum absolute atomic E-state index is 0.278. The highest BCUT2D eigenvalue weighted by molar-refractivity contribution is 7.70. The van der Waals surface area contributed by atoms with Gasteiger partial charge in [0, 0.05) is 0 Å². The maximum atomic E-state index is 11.1. The Labute approximate surface area is 130 Å². The number of nitrogens with zero attached hydrogens (tertiary/aromatic N) is 3. The van der Waals surface area contributed by atoms with Crippen molar-refractivity contribution in [2.45, 2.75) is 5.40 Å². The van der Waals surface area contributed by atoms with Crippen LogP contribution in [-0.2, 0) is 9.13 Å². The first-order chi connectivity index (χ1) is 10.6. The summed E-state index contributed by atoms with van der Waals surface area (Å²) in [7, 11) is -10.1. The lowest BCUT2D eigenvalue weighted by Gasteiger charge is -2.17. The van der Waals surface area contributed by atoms with E-state index in [1.807, 2.05) is 0 Å². The molecule has 0 atom stereocenters. The SMILES string of the molecule is NC(=NCC(P(=O)(O)O)P(=O)(O)O)Nn1cnc2ccccc21. The molecule has 2 rings (SSSR count). The zero-order chi connectivity index (χ0) is 17.3. The Hall–Kier alpha value is -1.74. The summed E-state index contributed by atoms with van der Waals surface area (Å²) in [6.45, 7) is -0.833. The highest BCUT2D eigenvalue weighted by atomic mass is 31.2. The van der Waals surface area contributed by atoms with Crippen LogP contribution in [0.1, 0.15) is 0 Å². The molecule has 13 heteroatoms. The van der Waals surface area contributed by atoms with E-state index in [9.17, 15) is 9.13 Å². The van der Waals surface area contributed by atoms with Crippen molar-refractivity contribution in [3.05, 3.63) is 30.6 Å². The van der Waals surface area contributed by atoms with E-state index in [1.54, 1.807) is 24.3 Å². The van der Waals surface area contributed by atoms with Gasteiger partial charge in [-0.05, 0) is 12.1 Å². The third kappa shape index (κ3) is 4.38. The van der Waals surface area contributed by atoms with Crippen LogP contribution in [0.15, 0.2) is 35.6 Å². The van der Waals surface area contributed by atoms with Gasteiger partial charge in [0.2, 0.25) is 5.96 Å². The van der Waals surface area contributed by atoms with Crippen LogP contribution in [0.2, 0.25) is 0 Å². The number of rotatable bonds is 5. The third-order valence-electron chi connectivity index (χ3n) is 2.89. The first kappa shape index (κ1) is 17.6. The van der Waals surface area contributed by atoms with Crippen molar-refractivity contribution in [3.8, 4) is 0 Å². The maximum absolute atomic E-state index is 11.1. The molecule has 0 spiro atoms. The highest BCUT2D eigenvalue weighted by Crippen LogP contribution is 2.59. The van der Waals surface area contributed by atoms with Gasteiger partial charge >= 0.3 is 15.2 Å². The summed E-state index contributed by atoms with van der Waals surface area (Å²) in [5, 5.41) is -2.24. The number of hydrogen-bond acceptors (Lipinski definition) is 4. The number of aromatic nitrogens is 2. The second-order valence-electron chi connectivity index (χ2n) is 4.60. The van der Waals surface area contributed by atoms with Gasteiger partial charge in [-0.3, -0.25) is 19.5 Å². The molecule has 23 heavy (non-hydrogen) atoms. The highest BCUT2D eigenvalue weighted by Gasteiger charge is 2.43. The molecule has 7 N–H and O–H groups in total. The molecule has 0 unspecified atom stereocenters. The summed E-state index contributed by atoms with van der Waals surface area (Å²) in [5.74, 6) is -0.278. The molecule has 0 bridgehead atoms. The molecular weight excluding hydrogens is 348 g/mol. The molecule has 0 amide bonds. The molecule has 0 saturated heterocycles. The van der Waals surface area contributed by atoms with Gasteiger partial charge in [-0.15, -0.1) is 0 Å². The van der Waals surface area contributed by atoms with Crippen LogP contribution in [-0.4, -0.2) is 47.1 Å². The van der Waals surface area contributed by atoms with E-state index in [0.29, 0.717) is 11.0 Å². The Morgan fingerprint density at radius 1 is 1.26 bits per heavy atom. The maximum Gasteiger partial charge on any atom is 0.342 e. The normalized spacial score (nSPS) is 13.7. The smallest absolute Gasteiger partial charge is 0.342 e. The summed E-state index contributed by atoms with van der Waals surface area (Å²) < 4.78 is 23.7. The van der Waals surface area contributed by atoms with E-state index >= 15 is 0 Å². The summed E-state index contributed by atoms with van der Waals surface area (Å²) in [5.41, 5.74) is 9.52. The Morgan fingerprint density at radius 3 is 2.48 bits per heavy atom. The van der Waals surface area contributed by atoms with Crippen LogP contribution in [0, 0.1) is 0 Å². The zero-order valence-corrected chi connectivity index (χ0v) is 13.4. The second-order valence-corrected chi connectivity index (χ2v) is 8.61. The molecule has 2 aromatic rings. The largest absolute Gasteiger partial charge is 0.369 e. The van der Waals surface area contributed by atoms with E-state index in [1.165, 1.54) is 11.0 Å². The van der Waals surface area contributed by atoms with Gasteiger partial charge < -0.3 is 25.3 Å². The monoisotopic (exact) mass is 363 g/mol. The molecule has 0 radical (unpaired) electrons. The number of hydrogen-bond donors (Lipinski definition) is 6. The molecule has 1 aromatic heterocycles. The molecule has 1 heterocycles. The number of fused-ring (bicyclic) bond motifs is 1. The first-order valence-corrected chi connectivity index (χ1v) is 9.55. The van der Waals surface area contributed by atoms with Crippen LogP contribution in [0.3, 0.4) is 0 Å². The lowest BCUT2D eigenvalue weighted by Crippen LogP contribution is -2.31. The van der Waals surface area contributed by atoms with Gasteiger partial charge in [-0.2, -0.15) is 0 Å². The molecule has 0 aliphatic heterocycles. The summed E-state index contributed by atoms with van der Waals surface area (Å²) in [4.78, 5) is 43.7. The quantitative estimate of drug-likeness (QED) is 0.233. The third-order valence-corrected chi connectivity index (χ3v) is 6.57.